The number of H-pyrrole nitrogens is 1. The lowest BCUT2D eigenvalue weighted by atomic mass is 10.0. The van der Waals surface area contributed by atoms with Crippen LogP contribution in [0, 0.1) is 0 Å². The van der Waals surface area contributed by atoms with Crippen molar-refractivity contribution in [2.24, 2.45) is 0 Å². The smallest absolute Gasteiger partial charge is 0.0477 e. The molecule has 4 N–H and O–H groups in total. The number of nitrogens with two attached hydrogens (primary N) is 1. The van der Waals surface area contributed by atoms with E-state index in [0.717, 1.165) is 17.6 Å². The first-order valence-electron chi connectivity index (χ1n) is 5.92. The molecule has 2 aromatic rings. The molecule has 0 bridgehead atoms. The number of benzene rings is 1. The molecule has 1 saturated heterocycles. The van der Waals surface area contributed by atoms with Crippen molar-refractivity contribution in [1.29, 1.82) is 0 Å². The van der Waals surface area contributed by atoms with Gasteiger partial charge >= 0.3 is 0 Å². The molecule has 0 saturated carbocycles. The van der Waals surface area contributed by atoms with E-state index in [2.05, 4.69) is 22.6 Å². The maximum atomic E-state index is 5.76. The first kappa shape index (κ1) is 9.73. The molecule has 1 aromatic carbocycles. The molecule has 0 spiro atoms. The minimum atomic E-state index is 0.650. The van der Waals surface area contributed by atoms with Crippen LogP contribution in [-0.2, 0) is 6.42 Å². The predicted molar refractivity (Wildman–Crippen MR) is 67.4 cm³/mol. The highest BCUT2D eigenvalue weighted by Gasteiger charge is 2.16. The van der Waals surface area contributed by atoms with Crippen LogP contribution < -0.4 is 11.1 Å². The molecule has 0 radical (unpaired) electrons. The topological polar surface area (TPSA) is 53.8 Å². The number of hydrogen-bond acceptors (Lipinski definition) is 2. The Morgan fingerprint density at radius 2 is 2.31 bits per heavy atom. The van der Waals surface area contributed by atoms with Crippen molar-refractivity contribution in [2.45, 2.75) is 25.3 Å². The van der Waals surface area contributed by atoms with Crippen LogP contribution in [0.25, 0.3) is 10.9 Å². The molecule has 2 heterocycles. The molecule has 0 amide bonds. The van der Waals surface area contributed by atoms with E-state index >= 15 is 0 Å². The number of anilines is 1. The maximum Gasteiger partial charge on any atom is 0.0477 e. The maximum absolute atomic E-state index is 5.76. The SMILES string of the molecule is Nc1ccc2c(CC3CCCN3)c[nH]c2c1. The Labute approximate surface area is 95.0 Å². The normalized spacial score (nSPS) is 20.6. The number of rotatable bonds is 2. The van der Waals surface area contributed by atoms with Gasteiger partial charge in [-0.3, -0.25) is 0 Å². The first-order valence-corrected chi connectivity index (χ1v) is 5.92. The Bertz CT molecular complexity index is 495. The molecular formula is C13H17N3. The molecule has 84 valence electrons. The molecule has 3 heteroatoms. The van der Waals surface area contributed by atoms with Gasteiger partial charge in [0.15, 0.2) is 0 Å². The fourth-order valence-corrected chi connectivity index (χ4v) is 2.57. The molecule has 1 atom stereocenters. The summed E-state index contributed by atoms with van der Waals surface area (Å²) in [4.78, 5) is 3.30. The summed E-state index contributed by atoms with van der Waals surface area (Å²) in [7, 11) is 0. The number of fused-ring (bicyclic) bond motifs is 1. The lowest BCUT2D eigenvalue weighted by Crippen LogP contribution is -2.23. The van der Waals surface area contributed by atoms with Crippen LogP contribution in [0.3, 0.4) is 0 Å². The third-order valence-corrected chi connectivity index (χ3v) is 3.42. The van der Waals surface area contributed by atoms with Gasteiger partial charge in [-0.25, -0.2) is 0 Å². The summed E-state index contributed by atoms with van der Waals surface area (Å²) in [5, 5.41) is 4.84. The number of hydrogen-bond donors (Lipinski definition) is 3. The zero-order chi connectivity index (χ0) is 11.0. The van der Waals surface area contributed by atoms with Crippen LogP contribution >= 0.6 is 0 Å². The Morgan fingerprint density at radius 1 is 1.38 bits per heavy atom. The first-order chi connectivity index (χ1) is 7.83. The van der Waals surface area contributed by atoms with Gasteiger partial charge in [0.05, 0.1) is 0 Å². The number of aromatic amines is 1. The lowest BCUT2D eigenvalue weighted by Gasteiger charge is -2.08. The summed E-state index contributed by atoms with van der Waals surface area (Å²) >= 11 is 0. The fourth-order valence-electron chi connectivity index (χ4n) is 2.57. The summed E-state index contributed by atoms with van der Waals surface area (Å²) in [5.41, 5.74) is 9.13. The molecule has 1 aliphatic rings. The average Bonchev–Trinajstić information content (AvgIpc) is 2.89. The Hall–Kier alpha value is -1.48. The molecule has 0 aliphatic carbocycles. The van der Waals surface area contributed by atoms with Crippen molar-refractivity contribution < 1.29 is 0 Å². The van der Waals surface area contributed by atoms with Crippen LogP contribution in [0.2, 0.25) is 0 Å². The van der Waals surface area contributed by atoms with Gasteiger partial charge in [0.1, 0.15) is 0 Å². The predicted octanol–water partition coefficient (Wildman–Crippen LogP) is 2.04. The van der Waals surface area contributed by atoms with Crippen molar-refractivity contribution in [1.82, 2.24) is 10.3 Å². The number of nitrogens with one attached hydrogen (secondary N) is 2. The Balaban J connectivity index is 1.91. The average molecular weight is 215 g/mol. The van der Waals surface area contributed by atoms with E-state index in [0.29, 0.717) is 6.04 Å². The monoisotopic (exact) mass is 215 g/mol. The van der Waals surface area contributed by atoms with E-state index in [1.807, 2.05) is 12.1 Å². The molecule has 1 aromatic heterocycles. The third-order valence-electron chi connectivity index (χ3n) is 3.42. The highest BCUT2D eigenvalue weighted by Crippen LogP contribution is 2.23. The van der Waals surface area contributed by atoms with Gasteiger partial charge in [-0.2, -0.15) is 0 Å². The highest BCUT2D eigenvalue weighted by molar-refractivity contribution is 5.85. The van der Waals surface area contributed by atoms with Crippen LogP contribution in [-0.4, -0.2) is 17.6 Å². The number of nitrogen functional groups attached to an aromatic ring is 1. The van der Waals surface area contributed by atoms with Gasteiger partial charge in [0.2, 0.25) is 0 Å². The molecule has 1 aliphatic heterocycles. The van der Waals surface area contributed by atoms with Gasteiger partial charge in [0, 0.05) is 28.8 Å². The van der Waals surface area contributed by atoms with E-state index < -0.39 is 0 Å². The van der Waals surface area contributed by atoms with Crippen LogP contribution in [0.5, 0.6) is 0 Å². The number of aromatic nitrogens is 1. The van der Waals surface area contributed by atoms with Gasteiger partial charge in [-0.1, -0.05) is 6.07 Å². The van der Waals surface area contributed by atoms with Crippen LogP contribution in [0.15, 0.2) is 24.4 Å². The van der Waals surface area contributed by atoms with Crippen LogP contribution in [0.4, 0.5) is 5.69 Å². The minimum absolute atomic E-state index is 0.650. The lowest BCUT2D eigenvalue weighted by molar-refractivity contribution is 0.605. The second kappa shape index (κ2) is 3.83. The molecular weight excluding hydrogens is 198 g/mol. The van der Waals surface area contributed by atoms with E-state index in [4.69, 9.17) is 5.73 Å². The largest absolute Gasteiger partial charge is 0.399 e. The van der Waals surface area contributed by atoms with E-state index in [1.54, 1.807) is 0 Å². The van der Waals surface area contributed by atoms with Crippen molar-refractivity contribution in [3.8, 4) is 0 Å². The van der Waals surface area contributed by atoms with Crippen molar-refractivity contribution in [3.05, 3.63) is 30.0 Å². The zero-order valence-corrected chi connectivity index (χ0v) is 9.29. The summed E-state index contributed by atoms with van der Waals surface area (Å²) in [5.74, 6) is 0. The van der Waals surface area contributed by atoms with E-state index in [1.165, 1.54) is 30.3 Å². The zero-order valence-electron chi connectivity index (χ0n) is 9.29. The summed E-state index contributed by atoms with van der Waals surface area (Å²) in [6.07, 6.45) is 5.83. The van der Waals surface area contributed by atoms with E-state index in [9.17, 15) is 0 Å². The van der Waals surface area contributed by atoms with Crippen LogP contribution in [0.1, 0.15) is 18.4 Å². The molecule has 3 nitrogen and oxygen atoms in total. The van der Waals surface area contributed by atoms with Gasteiger partial charge < -0.3 is 16.0 Å². The molecule has 3 rings (SSSR count). The van der Waals surface area contributed by atoms with Crippen molar-refractivity contribution >= 4 is 16.6 Å². The second-order valence-corrected chi connectivity index (χ2v) is 4.62. The molecule has 1 unspecified atom stereocenters. The summed E-state index contributed by atoms with van der Waals surface area (Å²) in [6, 6.07) is 6.74. The summed E-state index contributed by atoms with van der Waals surface area (Å²) in [6.45, 7) is 1.17. The molecule has 16 heavy (non-hydrogen) atoms. The van der Waals surface area contributed by atoms with Gasteiger partial charge in [0.25, 0.3) is 0 Å². The van der Waals surface area contributed by atoms with Crippen molar-refractivity contribution in [2.75, 3.05) is 12.3 Å². The van der Waals surface area contributed by atoms with Gasteiger partial charge in [-0.15, -0.1) is 0 Å². The Kier molecular flexibility index (Phi) is 2.33. The van der Waals surface area contributed by atoms with E-state index in [-0.39, 0.29) is 0 Å². The van der Waals surface area contributed by atoms with Crippen molar-refractivity contribution in [3.63, 3.8) is 0 Å². The highest BCUT2D eigenvalue weighted by atomic mass is 14.9. The fraction of sp³-hybridized carbons (Fsp3) is 0.385. The second-order valence-electron chi connectivity index (χ2n) is 4.62. The standard InChI is InChI=1S/C13H17N3/c14-10-3-4-12-9(8-16-13(12)7-10)6-11-2-1-5-15-11/h3-4,7-8,11,15-16H,1-2,5-6,14H2. The quantitative estimate of drug-likeness (QED) is 0.671. The van der Waals surface area contributed by atoms with Gasteiger partial charge in [-0.05, 0) is 43.5 Å². The third kappa shape index (κ3) is 1.67. The summed E-state index contributed by atoms with van der Waals surface area (Å²) < 4.78 is 0. The molecule has 1 fully saturated rings. The minimum Gasteiger partial charge on any atom is -0.399 e. The Morgan fingerprint density at radius 3 is 3.12 bits per heavy atom.